The van der Waals surface area contributed by atoms with Gasteiger partial charge in [0.1, 0.15) is 11.2 Å². The van der Waals surface area contributed by atoms with Gasteiger partial charge in [0.05, 0.1) is 5.69 Å². The van der Waals surface area contributed by atoms with Gasteiger partial charge in [-0.05, 0) is 75.5 Å². The predicted octanol–water partition coefficient (Wildman–Crippen LogP) is 12.6. The van der Waals surface area contributed by atoms with Crippen LogP contribution >= 0.6 is 0 Å². The van der Waals surface area contributed by atoms with Gasteiger partial charge in [-0.25, -0.2) is 0 Å². The molecule has 3 nitrogen and oxygen atoms in total. The highest BCUT2D eigenvalue weighted by molar-refractivity contribution is 6.18. The molecule has 3 heteroatoms. The van der Waals surface area contributed by atoms with E-state index < -0.39 is 0 Å². The van der Waals surface area contributed by atoms with Crippen molar-refractivity contribution in [3.63, 3.8) is 0 Å². The Balaban J connectivity index is 1.11. The topological polar surface area (TPSA) is 29.3 Å². The molecule has 2 heterocycles. The number of nitrogens with zero attached hydrogens (tertiary/aromatic N) is 2. The minimum Gasteiger partial charge on any atom is -0.456 e. The number of aromatic nitrogens is 1. The van der Waals surface area contributed by atoms with Gasteiger partial charge in [0.2, 0.25) is 0 Å². The zero-order chi connectivity index (χ0) is 31.9. The molecule has 0 saturated carbocycles. The number of pyridine rings is 1. The lowest BCUT2D eigenvalue weighted by molar-refractivity contribution is 0.669. The van der Waals surface area contributed by atoms with Crippen molar-refractivity contribution >= 4 is 49.8 Å². The quantitative estimate of drug-likeness (QED) is 0.187. The number of furan rings is 1. The molecule has 7 aromatic carbocycles. The van der Waals surface area contributed by atoms with Crippen molar-refractivity contribution in [2.45, 2.75) is 0 Å². The molecule has 0 aliphatic heterocycles. The Labute approximate surface area is 279 Å². The van der Waals surface area contributed by atoms with Crippen LogP contribution in [0.4, 0.5) is 17.1 Å². The second-order valence-corrected chi connectivity index (χ2v) is 12.0. The maximum Gasteiger partial charge on any atom is 0.139 e. The van der Waals surface area contributed by atoms with Crippen LogP contribution in [0.3, 0.4) is 0 Å². The Hall–Kier alpha value is -6.45. The Morgan fingerprint density at radius 3 is 1.73 bits per heavy atom. The van der Waals surface area contributed by atoms with E-state index in [9.17, 15) is 0 Å². The summed E-state index contributed by atoms with van der Waals surface area (Å²) in [5.74, 6) is 0. The Morgan fingerprint density at radius 1 is 0.396 bits per heavy atom. The molecule has 9 aromatic rings. The highest BCUT2D eigenvalue weighted by Gasteiger charge is 2.16. The van der Waals surface area contributed by atoms with E-state index in [2.05, 4.69) is 181 Å². The molecule has 0 bridgehead atoms. The largest absolute Gasteiger partial charge is 0.456 e. The van der Waals surface area contributed by atoms with Gasteiger partial charge in [0.25, 0.3) is 0 Å². The molecule has 226 valence electrons. The molecule has 0 saturated heterocycles. The summed E-state index contributed by atoms with van der Waals surface area (Å²) in [5.41, 5.74) is 11.6. The van der Waals surface area contributed by atoms with Gasteiger partial charge >= 0.3 is 0 Å². The van der Waals surface area contributed by atoms with E-state index in [-0.39, 0.29) is 0 Å². The summed E-state index contributed by atoms with van der Waals surface area (Å²) < 4.78 is 6.34. The van der Waals surface area contributed by atoms with E-state index in [1.54, 1.807) is 0 Å². The standard InChI is InChI=1S/C45H30N2O/c1-3-10-31(11-4-1)33-18-23-37(24-19-33)47(39-16-9-15-36(28-39)32-12-5-2-6-13-32)38-25-20-35(21-26-38)42-29-44-41(30-46-42)45-40-17-8-7-14-34(40)22-27-43(45)48-44/h1-30H. The molecule has 0 atom stereocenters. The monoisotopic (exact) mass is 614 g/mol. The number of rotatable bonds is 6. The average Bonchev–Trinajstić information content (AvgIpc) is 3.55. The lowest BCUT2D eigenvalue weighted by atomic mass is 10.0. The summed E-state index contributed by atoms with van der Waals surface area (Å²) in [7, 11) is 0. The molecule has 0 fully saturated rings. The summed E-state index contributed by atoms with van der Waals surface area (Å²) in [6.45, 7) is 0. The highest BCUT2D eigenvalue weighted by atomic mass is 16.3. The fraction of sp³-hybridized carbons (Fsp3) is 0. The van der Waals surface area contributed by atoms with Crippen molar-refractivity contribution in [1.29, 1.82) is 0 Å². The van der Waals surface area contributed by atoms with Crippen LogP contribution in [0.25, 0.3) is 66.2 Å². The smallest absolute Gasteiger partial charge is 0.139 e. The van der Waals surface area contributed by atoms with Gasteiger partial charge in [0, 0.05) is 45.7 Å². The normalized spacial score (nSPS) is 11.3. The first-order valence-electron chi connectivity index (χ1n) is 16.2. The van der Waals surface area contributed by atoms with Crippen molar-refractivity contribution in [1.82, 2.24) is 4.98 Å². The molecule has 48 heavy (non-hydrogen) atoms. The van der Waals surface area contributed by atoms with E-state index in [4.69, 9.17) is 9.40 Å². The number of hydrogen-bond acceptors (Lipinski definition) is 3. The van der Waals surface area contributed by atoms with Crippen molar-refractivity contribution in [3.8, 4) is 33.5 Å². The summed E-state index contributed by atoms with van der Waals surface area (Å²) in [6, 6.07) is 61.8. The number of fused-ring (bicyclic) bond motifs is 5. The molecule has 0 spiro atoms. The van der Waals surface area contributed by atoms with Gasteiger partial charge in [0.15, 0.2) is 0 Å². The van der Waals surface area contributed by atoms with E-state index in [1.165, 1.54) is 33.0 Å². The lowest BCUT2D eigenvalue weighted by Crippen LogP contribution is -2.10. The van der Waals surface area contributed by atoms with Gasteiger partial charge in [-0.1, -0.05) is 127 Å². The van der Waals surface area contributed by atoms with Crippen LogP contribution in [0.5, 0.6) is 0 Å². The maximum atomic E-state index is 6.34. The molecule has 2 aromatic heterocycles. The maximum absolute atomic E-state index is 6.34. The zero-order valence-electron chi connectivity index (χ0n) is 26.1. The second kappa shape index (κ2) is 11.7. The summed E-state index contributed by atoms with van der Waals surface area (Å²) in [5, 5.41) is 4.52. The lowest BCUT2D eigenvalue weighted by Gasteiger charge is -2.26. The van der Waals surface area contributed by atoms with Crippen LogP contribution in [0.2, 0.25) is 0 Å². The summed E-state index contributed by atoms with van der Waals surface area (Å²) >= 11 is 0. The molecule has 0 aliphatic rings. The first-order valence-corrected chi connectivity index (χ1v) is 16.2. The SMILES string of the molecule is c1ccc(-c2ccc(N(c3ccc(-c4cc5oc6ccc7ccccc7c6c5cn4)cc3)c3cccc(-c4ccccc4)c3)cc2)cc1. The molecule has 0 N–H and O–H groups in total. The highest BCUT2D eigenvalue weighted by Crippen LogP contribution is 2.39. The van der Waals surface area contributed by atoms with Gasteiger partial charge < -0.3 is 9.32 Å². The third kappa shape index (κ3) is 4.99. The second-order valence-electron chi connectivity index (χ2n) is 12.0. The molecule has 0 aliphatic carbocycles. The van der Waals surface area contributed by atoms with Gasteiger partial charge in [-0.2, -0.15) is 0 Å². The Bertz CT molecular complexity index is 2540. The van der Waals surface area contributed by atoms with Crippen LogP contribution in [0.15, 0.2) is 187 Å². The minimum atomic E-state index is 0.841. The first kappa shape index (κ1) is 27.8. The van der Waals surface area contributed by atoms with Gasteiger partial charge in [-0.15, -0.1) is 0 Å². The molecular formula is C45H30N2O. The number of benzene rings is 7. The van der Waals surface area contributed by atoms with Crippen molar-refractivity contribution in [2.24, 2.45) is 0 Å². The fourth-order valence-electron chi connectivity index (χ4n) is 6.72. The van der Waals surface area contributed by atoms with Crippen LogP contribution in [-0.4, -0.2) is 4.98 Å². The molecule has 0 amide bonds. The molecular weight excluding hydrogens is 585 g/mol. The number of anilines is 3. The van der Waals surface area contributed by atoms with E-state index >= 15 is 0 Å². The fourth-order valence-corrected chi connectivity index (χ4v) is 6.72. The third-order valence-electron chi connectivity index (χ3n) is 9.11. The Morgan fingerprint density at radius 2 is 1.00 bits per heavy atom. The average molecular weight is 615 g/mol. The van der Waals surface area contributed by atoms with Crippen LogP contribution in [-0.2, 0) is 0 Å². The van der Waals surface area contributed by atoms with Crippen LogP contribution < -0.4 is 4.90 Å². The van der Waals surface area contributed by atoms with Crippen molar-refractivity contribution in [2.75, 3.05) is 4.90 Å². The zero-order valence-corrected chi connectivity index (χ0v) is 26.1. The Kier molecular flexibility index (Phi) is 6.80. The first-order chi connectivity index (χ1) is 23.8. The number of hydrogen-bond donors (Lipinski definition) is 0. The molecule has 9 rings (SSSR count). The van der Waals surface area contributed by atoms with Crippen molar-refractivity contribution in [3.05, 3.63) is 182 Å². The van der Waals surface area contributed by atoms with E-state index in [1.807, 2.05) is 6.20 Å². The summed E-state index contributed by atoms with van der Waals surface area (Å²) in [6.07, 6.45) is 1.95. The minimum absolute atomic E-state index is 0.841. The van der Waals surface area contributed by atoms with Crippen LogP contribution in [0.1, 0.15) is 0 Å². The van der Waals surface area contributed by atoms with Crippen LogP contribution in [0, 0.1) is 0 Å². The van der Waals surface area contributed by atoms with Crippen molar-refractivity contribution < 1.29 is 4.42 Å². The predicted molar refractivity (Wildman–Crippen MR) is 200 cm³/mol. The third-order valence-corrected chi connectivity index (χ3v) is 9.11. The molecule has 0 radical (unpaired) electrons. The summed E-state index contributed by atoms with van der Waals surface area (Å²) in [4.78, 5) is 7.22. The van der Waals surface area contributed by atoms with E-state index in [0.717, 1.165) is 50.3 Å². The van der Waals surface area contributed by atoms with Gasteiger partial charge in [-0.3, -0.25) is 4.98 Å². The van der Waals surface area contributed by atoms with E-state index in [0.29, 0.717) is 0 Å². The molecule has 0 unspecified atom stereocenters.